The number of nitrogens with one attached hydrogen (secondary N) is 1. The number of nitrogens with zero attached hydrogens (tertiary/aromatic N) is 2. The number of rotatable bonds is 6. The highest BCUT2D eigenvalue weighted by Gasteiger charge is 2.30. The Morgan fingerprint density at radius 3 is 2.27 bits per heavy atom. The van der Waals surface area contributed by atoms with Crippen molar-refractivity contribution in [1.29, 1.82) is 0 Å². The van der Waals surface area contributed by atoms with Crippen molar-refractivity contribution in [1.82, 2.24) is 4.31 Å². The second kappa shape index (κ2) is 8.67. The molecule has 1 aliphatic heterocycles. The van der Waals surface area contributed by atoms with Gasteiger partial charge in [0.1, 0.15) is 10.6 Å². The normalized spacial score (nSPS) is 15.7. The highest BCUT2D eigenvalue weighted by Crippen LogP contribution is 2.33. The lowest BCUT2D eigenvalue weighted by Gasteiger charge is -2.25. The maximum Gasteiger partial charge on any atom is 0.294 e. The first-order chi connectivity index (χ1) is 14.0. The Morgan fingerprint density at radius 2 is 1.63 bits per heavy atom. The van der Waals surface area contributed by atoms with Gasteiger partial charge in [0.15, 0.2) is 0 Å². The van der Waals surface area contributed by atoms with Gasteiger partial charge >= 0.3 is 0 Å². The number of benzene rings is 2. The zero-order valence-electron chi connectivity index (χ0n) is 15.4. The average Bonchev–Trinajstić information content (AvgIpc) is 2.70. The number of nitro groups is 1. The van der Waals surface area contributed by atoms with Crippen molar-refractivity contribution in [2.24, 2.45) is 0 Å². The first kappa shape index (κ1) is 22.8. The Hall–Kier alpha value is -1.92. The molecule has 0 atom stereocenters. The first-order valence-corrected chi connectivity index (χ1v) is 12.5. The summed E-state index contributed by atoms with van der Waals surface area (Å²) >= 11 is 11.7. The summed E-state index contributed by atoms with van der Waals surface area (Å²) < 4.78 is 54.3. The van der Waals surface area contributed by atoms with E-state index in [4.69, 9.17) is 23.2 Å². The Morgan fingerprint density at radius 1 is 0.967 bits per heavy atom. The lowest BCUT2D eigenvalue weighted by atomic mass is 10.2. The minimum absolute atomic E-state index is 0.109. The minimum Gasteiger partial charge on any atom is -0.273 e. The van der Waals surface area contributed by atoms with Gasteiger partial charge in [-0.25, -0.2) is 16.8 Å². The maximum atomic E-state index is 12.8. The van der Waals surface area contributed by atoms with E-state index in [9.17, 15) is 26.9 Å². The molecule has 0 radical (unpaired) electrons. The van der Waals surface area contributed by atoms with Gasteiger partial charge in [-0.1, -0.05) is 29.6 Å². The third-order valence-corrected chi connectivity index (χ3v) is 8.52. The largest absolute Gasteiger partial charge is 0.294 e. The van der Waals surface area contributed by atoms with Crippen LogP contribution in [0.1, 0.15) is 19.3 Å². The van der Waals surface area contributed by atoms with Crippen LogP contribution in [0.3, 0.4) is 0 Å². The van der Waals surface area contributed by atoms with Gasteiger partial charge in [0.2, 0.25) is 10.0 Å². The van der Waals surface area contributed by atoms with Crippen LogP contribution in [0, 0.1) is 10.1 Å². The zero-order valence-corrected chi connectivity index (χ0v) is 18.6. The predicted octanol–water partition coefficient (Wildman–Crippen LogP) is 3.88. The molecule has 1 N–H and O–H groups in total. The fourth-order valence-corrected chi connectivity index (χ4v) is 6.42. The van der Waals surface area contributed by atoms with E-state index in [2.05, 4.69) is 4.72 Å². The molecular weight excluding hydrogens is 477 g/mol. The van der Waals surface area contributed by atoms with Crippen LogP contribution in [-0.2, 0) is 20.0 Å². The zero-order chi connectivity index (χ0) is 22.1. The molecule has 3 rings (SSSR count). The van der Waals surface area contributed by atoms with Crippen LogP contribution in [0.15, 0.2) is 46.2 Å². The minimum atomic E-state index is -4.32. The van der Waals surface area contributed by atoms with Crippen LogP contribution in [-0.4, -0.2) is 39.2 Å². The molecule has 1 fully saturated rings. The number of halogens is 2. The standard InChI is InChI=1S/C17H17Cl2N3O6S2/c18-12-4-6-14(19)17(10-12)29(25,26)20-15-7-5-13(11-16(15)22(23)24)30(27,28)21-8-2-1-3-9-21/h4-7,10-11,20H,1-3,8-9H2. The lowest BCUT2D eigenvalue weighted by Crippen LogP contribution is -2.35. The van der Waals surface area contributed by atoms with Crippen LogP contribution < -0.4 is 4.72 Å². The van der Waals surface area contributed by atoms with Gasteiger partial charge in [-0.05, 0) is 43.2 Å². The smallest absolute Gasteiger partial charge is 0.273 e. The van der Waals surface area contributed by atoms with Crippen molar-refractivity contribution in [2.75, 3.05) is 17.8 Å². The van der Waals surface area contributed by atoms with Crippen molar-refractivity contribution in [3.05, 3.63) is 56.6 Å². The molecule has 2 aromatic rings. The molecule has 2 aromatic carbocycles. The van der Waals surface area contributed by atoms with E-state index in [-0.39, 0.29) is 19.8 Å². The molecule has 0 aromatic heterocycles. The first-order valence-electron chi connectivity index (χ1n) is 8.79. The molecule has 1 aliphatic rings. The van der Waals surface area contributed by atoms with Gasteiger partial charge in [0.05, 0.1) is 14.8 Å². The molecule has 9 nitrogen and oxygen atoms in total. The number of hydrogen-bond donors (Lipinski definition) is 1. The second-order valence-electron chi connectivity index (χ2n) is 6.58. The van der Waals surface area contributed by atoms with Crippen LogP contribution in [0.4, 0.5) is 11.4 Å². The van der Waals surface area contributed by atoms with Crippen LogP contribution in [0.25, 0.3) is 0 Å². The summed E-state index contributed by atoms with van der Waals surface area (Å²) in [6.45, 7) is 0.662. The van der Waals surface area contributed by atoms with Gasteiger partial charge in [0, 0.05) is 24.2 Å². The average molecular weight is 494 g/mol. The number of hydrogen-bond acceptors (Lipinski definition) is 6. The molecule has 1 saturated heterocycles. The van der Waals surface area contributed by atoms with E-state index in [1.54, 1.807) is 0 Å². The fourth-order valence-electron chi connectivity index (χ4n) is 3.05. The van der Waals surface area contributed by atoms with Crippen LogP contribution in [0.5, 0.6) is 0 Å². The highest BCUT2D eigenvalue weighted by molar-refractivity contribution is 7.92. The Balaban J connectivity index is 2.00. The van der Waals surface area contributed by atoms with Crippen molar-refractivity contribution >= 4 is 54.6 Å². The van der Waals surface area contributed by atoms with E-state index < -0.39 is 36.3 Å². The van der Waals surface area contributed by atoms with Gasteiger partial charge in [0.25, 0.3) is 15.7 Å². The van der Waals surface area contributed by atoms with Gasteiger partial charge < -0.3 is 0 Å². The molecular formula is C17H17Cl2N3O6S2. The van der Waals surface area contributed by atoms with Crippen LogP contribution >= 0.6 is 23.2 Å². The van der Waals surface area contributed by atoms with E-state index in [1.807, 2.05) is 0 Å². The molecule has 0 amide bonds. The SMILES string of the molecule is O=[N+]([O-])c1cc(S(=O)(=O)N2CCCCC2)ccc1NS(=O)(=O)c1cc(Cl)ccc1Cl. The molecule has 0 unspecified atom stereocenters. The van der Waals surface area contributed by atoms with Gasteiger partial charge in [-0.3, -0.25) is 14.8 Å². The van der Waals surface area contributed by atoms with E-state index in [0.717, 1.165) is 30.7 Å². The van der Waals surface area contributed by atoms with Crippen molar-refractivity contribution < 1.29 is 21.8 Å². The summed E-state index contributed by atoms with van der Waals surface area (Å²) in [6, 6.07) is 6.81. The quantitative estimate of drug-likeness (QED) is 0.480. The van der Waals surface area contributed by atoms with Crippen molar-refractivity contribution in [2.45, 2.75) is 29.1 Å². The van der Waals surface area contributed by atoms with Gasteiger partial charge in [-0.2, -0.15) is 4.31 Å². The summed E-state index contributed by atoms with van der Waals surface area (Å²) in [7, 11) is -8.25. The molecule has 0 aliphatic carbocycles. The monoisotopic (exact) mass is 493 g/mol. The second-order valence-corrected chi connectivity index (χ2v) is 11.0. The summed E-state index contributed by atoms with van der Waals surface area (Å²) in [6.07, 6.45) is 2.33. The third-order valence-electron chi connectivity index (χ3n) is 4.55. The van der Waals surface area contributed by atoms with E-state index in [1.165, 1.54) is 16.4 Å². The molecule has 0 bridgehead atoms. The summed E-state index contributed by atoms with van der Waals surface area (Å²) in [5.41, 5.74) is -1.09. The summed E-state index contributed by atoms with van der Waals surface area (Å²) in [4.78, 5) is 10.0. The maximum absolute atomic E-state index is 12.8. The topological polar surface area (TPSA) is 127 Å². The van der Waals surface area contributed by atoms with E-state index in [0.29, 0.717) is 25.9 Å². The molecule has 1 heterocycles. The van der Waals surface area contributed by atoms with Gasteiger partial charge in [-0.15, -0.1) is 0 Å². The van der Waals surface area contributed by atoms with Crippen molar-refractivity contribution in [3.8, 4) is 0 Å². The predicted molar refractivity (Wildman–Crippen MR) is 113 cm³/mol. The lowest BCUT2D eigenvalue weighted by molar-refractivity contribution is -0.384. The van der Waals surface area contributed by atoms with Crippen molar-refractivity contribution in [3.63, 3.8) is 0 Å². The molecule has 162 valence electrons. The molecule has 0 saturated carbocycles. The number of anilines is 1. The number of piperidine rings is 1. The Bertz CT molecular complexity index is 1200. The number of sulfonamides is 2. The Labute approximate surface area is 183 Å². The fraction of sp³-hybridized carbons (Fsp3) is 0.294. The summed E-state index contributed by atoms with van der Waals surface area (Å²) in [5.74, 6) is 0. The van der Waals surface area contributed by atoms with E-state index >= 15 is 0 Å². The summed E-state index contributed by atoms with van der Waals surface area (Å²) in [5, 5.41) is 11.5. The van der Waals surface area contributed by atoms with Crippen LogP contribution in [0.2, 0.25) is 10.0 Å². The molecule has 30 heavy (non-hydrogen) atoms. The number of nitro benzene ring substituents is 1. The molecule has 0 spiro atoms. The Kier molecular flexibility index (Phi) is 6.58. The highest BCUT2D eigenvalue weighted by atomic mass is 35.5. The molecule has 13 heteroatoms. The third kappa shape index (κ3) is 4.70.